The van der Waals surface area contributed by atoms with Crippen molar-refractivity contribution in [3.05, 3.63) is 234 Å². The van der Waals surface area contributed by atoms with Crippen molar-refractivity contribution in [2.75, 3.05) is 9.80 Å². The van der Waals surface area contributed by atoms with Gasteiger partial charge >= 0.3 is 0 Å². The van der Waals surface area contributed by atoms with Crippen LogP contribution < -0.4 is 9.80 Å². The van der Waals surface area contributed by atoms with Crippen molar-refractivity contribution in [1.82, 2.24) is 4.98 Å². The molecule has 0 fully saturated rings. The van der Waals surface area contributed by atoms with Gasteiger partial charge in [0.2, 0.25) is 0 Å². The summed E-state index contributed by atoms with van der Waals surface area (Å²) in [4.78, 5) is 9.46. The van der Waals surface area contributed by atoms with Crippen molar-refractivity contribution in [3.63, 3.8) is 0 Å². The minimum Gasteiger partial charge on any atom is -0.455 e. The molecule has 3 aliphatic carbocycles. The number of fused-ring (bicyclic) bond motifs is 19. The van der Waals surface area contributed by atoms with E-state index in [4.69, 9.17) is 13.8 Å². The second-order valence-electron chi connectivity index (χ2n) is 21.9. The SMILES string of the molecule is CC1(C)c2cc(N(c3cccnc3)c3ccc4c(c3)C(C)(C)c3c5c(c6c(oc7ccccc76)c3-4)-c3ccccc3C5(C)C)ccc2-c2c1cc(N(c1ccccc1)c1ccccc1)c1oc3ccccc3c21. The minimum atomic E-state index is -0.383. The Morgan fingerprint density at radius 2 is 0.877 bits per heavy atom. The van der Waals surface area contributed by atoms with Crippen LogP contribution in [0.2, 0.25) is 0 Å². The minimum absolute atomic E-state index is 0.224. The molecule has 0 atom stereocenters. The van der Waals surface area contributed by atoms with Gasteiger partial charge in [0.15, 0.2) is 5.58 Å². The number of rotatable bonds is 6. The molecular formula is C68H51N3O2. The highest BCUT2D eigenvalue weighted by Gasteiger charge is 2.49. The van der Waals surface area contributed by atoms with Gasteiger partial charge in [-0.1, -0.05) is 151 Å². The molecule has 3 aliphatic rings. The van der Waals surface area contributed by atoms with Crippen LogP contribution >= 0.6 is 0 Å². The summed E-state index contributed by atoms with van der Waals surface area (Å²) >= 11 is 0. The molecule has 0 amide bonds. The Hall–Kier alpha value is -8.67. The van der Waals surface area contributed by atoms with Gasteiger partial charge in [0.1, 0.15) is 16.7 Å². The highest BCUT2D eigenvalue weighted by atomic mass is 16.3. The lowest BCUT2D eigenvalue weighted by molar-refractivity contribution is 0.600. The third-order valence-corrected chi connectivity index (χ3v) is 16.8. The molecule has 5 nitrogen and oxygen atoms in total. The lowest BCUT2D eigenvalue weighted by Gasteiger charge is -2.32. The zero-order valence-corrected chi connectivity index (χ0v) is 41.7. The number of pyridine rings is 1. The molecule has 3 aromatic heterocycles. The van der Waals surface area contributed by atoms with Gasteiger partial charge in [-0.05, 0) is 140 Å². The van der Waals surface area contributed by atoms with Crippen molar-refractivity contribution >= 4 is 78.0 Å². The van der Waals surface area contributed by atoms with Crippen LogP contribution in [0.4, 0.5) is 34.1 Å². The second kappa shape index (κ2) is 14.7. The Balaban J connectivity index is 0.930. The fourth-order valence-electron chi connectivity index (χ4n) is 13.5. The summed E-state index contributed by atoms with van der Waals surface area (Å²) in [6, 6.07) is 68.2. The Morgan fingerprint density at radius 1 is 0.370 bits per heavy atom. The maximum atomic E-state index is 7.04. The lowest BCUT2D eigenvalue weighted by Crippen LogP contribution is -2.24. The predicted molar refractivity (Wildman–Crippen MR) is 301 cm³/mol. The molecule has 0 N–H and O–H groups in total. The zero-order valence-electron chi connectivity index (χ0n) is 41.7. The van der Waals surface area contributed by atoms with E-state index in [1.807, 2.05) is 18.5 Å². The number of para-hydroxylation sites is 4. The first-order valence-electron chi connectivity index (χ1n) is 25.5. The summed E-state index contributed by atoms with van der Waals surface area (Å²) in [5.41, 5.74) is 24.5. The molecule has 15 rings (SSSR count). The summed E-state index contributed by atoms with van der Waals surface area (Å²) in [7, 11) is 0. The van der Waals surface area contributed by atoms with Crippen molar-refractivity contribution in [3.8, 4) is 33.4 Å². The molecule has 5 heteroatoms. The maximum Gasteiger partial charge on any atom is 0.160 e. The van der Waals surface area contributed by atoms with E-state index in [0.29, 0.717) is 0 Å². The first-order valence-corrected chi connectivity index (χ1v) is 25.5. The summed E-state index contributed by atoms with van der Waals surface area (Å²) < 4.78 is 14.0. The van der Waals surface area contributed by atoms with Crippen LogP contribution in [0.25, 0.3) is 77.3 Å². The first kappa shape index (κ1) is 42.1. The Bertz CT molecular complexity index is 4250. The second-order valence-corrected chi connectivity index (χ2v) is 21.9. The first-order chi connectivity index (χ1) is 35.5. The molecular weight excluding hydrogens is 891 g/mol. The number of hydrogen-bond acceptors (Lipinski definition) is 5. The van der Waals surface area contributed by atoms with Crippen LogP contribution in [0.5, 0.6) is 0 Å². The molecule has 0 bridgehead atoms. The summed E-state index contributed by atoms with van der Waals surface area (Å²) in [6.45, 7) is 14.4. The highest BCUT2D eigenvalue weighted by molar-refractivity contribution is 6.22. The van der Waals surface area contributed by atoms with Crippen LogP contribution in [0.15, 0.2) is 209 Å². The molecule has 350 valence electrons. The van der Waals surface area contributed by atoms with E-state index in [0.717, 1.165) is 67.2 Å². The van der Waals surface area contributed by atoms with E-state index in [1.54, 1.807) is 0 Å². The van der Waals surface area contributed by atoms with Gasteiger partial charge in [0, 0.05) is 72.3 Å². The normalized spacial score (nSPS) is 15.0. The predicted octanol–water partition coefficient (Wildman–Crippen LogP) is 18.7. The van der Waals surface area contributed by atoms with Crippen LogP contribution in [0, 0.1) is 0 Å². The number of benzene rings is 9. The fourth-order valence-corrected chi connectivity index (χ4v) is 13.5. The number of furan rings is 2. The Morgan fingerprint density at radius 3 is 1.52 bits per heavy atom. The van der Waals surface area contributed by atoms with Crippen molar-refractivity contribution in [2.24, 2.45) is 0 Å². The van der Waals surface area contributed by atoms with Gasteiger partial charge in [0.05, 0.1) is 17.6 Å². The molecule has 0 saturated carbocycles. The smallest absolute Gasteiger partial charge is 0.160 e. The number of hydrogen-bond donors (Lipinski definition) is 0. The average molecular weight is 942 g/mol. The van der Waals surface area contributed by atoms with Gasteiger partial charge < -0.3 is 18.6 Å². The maximum absolute atomic E-state index is 7.04. The van der Waals surface area contributed by atoms with Gasteiger partial charge in [-0.25, -0.2) is 0 Å². The van der Waals surface area contributed by atoms with Crippen molar-refractivity contribution in [1.29, 1.82) is 0 Å². The summed E-state index contributed by atoms with van der Waals surface area (Å²) in [5, 5.41) is 4.63. The van der Waals surface area contributed by atoms with Crippen LogP contribution in [-0.2, 0) is 16.2 Å². The third-order valence-electron chi connectivity index (χ3n) is 16.8. The Labute approximate surface area is 424 Å². The number of aromatic nitrogens is 1. The van der Waals surface area contributed by atoms with E-state index in [-0.39, 0.29) is 16.2 Å². The van der Waals surface area contributed by atoms with Crippen molar-refractivity contribution in [2.45, 2.75) is 57.8 Å². The van der Waals surface area contributed by atoms with E-state index in [1.165, 1.54) is 77.5 Å². The van der Waals surface area contributed by atoms with Crippen LogP contribution in [0.1, 0.15) is 74.9 Å². The van der Waals surface area contributed by atoms with Gasteiger partial charge in [-0.2, -0.15) is 0 Å². The number of anilines is 6. The van der Waals surface area contributed by atoms with Gasteiger partial charge in [-0.15, -0.1) is 0 Å². The molecule has 0 spiro atoms. The molecule has 0 aliphatic heterocycles. The largest absolute Gasteiger partial charge is 0.455 e. The van der Waals surface area contributed by atoms with Crippen LogP contribution in [0.3, 0.4) is 0 Å². The Kier molecular flexibility index (Phi) is 8.47. The third kappa shape index (κ3) is 5.60. The zero-order chi connectivity index (χ0) is 49.1. The topological polar surface area (TPSA) is 45.7 Å². The monoisotopic (exact) mass is 941 g/mol. The molecule has 0 radical (unpaired) electrons. The summed E-state index contributed by atoms with van der Waals surface area (Å²) in [6.07, 6.45) is 3.84. The van der Waals surface area contributed by atoms with Gasteiger partial charge in [0.25, 0.3) is 0 Å². The molecule has 73 heavy (non-hydrogen) atoms. The van der Waals surface area contributed by atoms with Crippen LogP contribution in [-0.4, -0.2) is 4.98 Å². The standard InChI is InChI=1S/C68H51N3O2/c1-66(2)51-36-42(31-33-46(51)57-53(66)38-54(64-59(57)48-26-14-17-29-55(48)72-64)71(40-20-9-7-10-21-40)41-22-11-8-12-23-41)70(44-24-19-35-69-39-44)43-32-34-47-52(37-43)68(5,6)63-61(47)65-60(49-27-15-18-30-56(49)73-65)58-45-25-13-16-28-50(45)67(3,4)62(58)63/h7-39H,1-6H3. The highest BCUT2D eigenvalue weighted by Crippen LogP contribution is 2.64. The fraction of sp³-hybridized carbons (Fsp3) is 0.132. The van der Waals surface area contributed by atoms with Crippen molar-refractivity contribution < 1.29 is 8.83 Å². The summed E-state index contributed by atoms with van der Waals surface area (Å²) in [5.74, 6) is 0. The van der Waals surface area contributed by atoms with E-state index in [2.05, 4.69) is 233 Å². The van der Waals surface area contributed by atoms with E-state index >= 15 is 0 Å². The van der Waals surface area contributed by atoms with E-state index < -0.39 is 0 Å². The quantitative estimate of drug-likeness (QED) is 0.166. The van der Waals surface area contributed by atoms with E-state index in [9.17, 15) is 0 Å². The molecule has 0 saturated heterocycles. The van der Waals surface area contributed by atoms with Gasteiger partial charge in [-0.3, -0.25) is 4.98 Å². The molecule has 3 heterocycles. The lowest BCUT2D eigenvalue weighted by atomic mass is 9.72. The molecule has 9 aromatic carbocycles. The molecule has 12 aromatic rings. The number of nitrogens with zero attached hydrogens (tertiary/aromatic N) is 3. The average Bonchev–Trinajstić information content (AvgIpc) is 4.17. The molecule has 0 unspecified atom stereocenters.